The fraction of sp³-hybridized carbons (Fsp3) is 0.500. The first-order valence-corrected chi connectivity index (χ1v) is 8.50. The summed E-state index contributed by atoms with van der Waals surface area (Å²) in [6.07, 6.45) is 4.51. The van der Waals surface area contributed by atoms with E-state index in [4.69, 9.17) is 4.98 Å². The number of thiazole rings is 1. The maximum atomic E-state index is 4.73. The molecule has 1 saturated carbocycles. The van der Waals surface area contributed by atoms with E-state index in [0.717, 1.165) is 37.9 Å². The van der Waals surface area contributed by atoms with Crippen LogP contribution < -0.4 is 5.32 Å². The first-order chi connectivity index (χ1) is 10.3. The lowest BCUT2D eigenvalue weighted by atomic mass is 10.3. The highest BCUT2D eigenvalue weighted by atomic mass is 32.1. The number of nitrogens with one attached hydrogen (secondary N) is 1. The van der Waals surface area contributed by atoms with Crippen LogP contribution >= 0.6 is 11.3 Å². The molecule has 0 saturated heterocycles. The third-order valence-electron chi connectivity index (χ3n) is 3.66. The first kappa shape index (κ1) is 14.6. The van der Waals surface area contributed by atoms with E-state index in [-0.39, 0.29) is 0 Å². The first-order valence-electron chi connectivity index (χ1n) is 7.62. The molecule has 1 aliphatic rings. The van der Waals surface area contributed by atoms with Crippen molar-refractivity contribution < 1.29 is 0 Å². The molecule has 1 N–H and O–H groups in total. The topological polar surface area (TPSA) is 41.1 Å². The zero-order valence-corrected chi connectivity index (χ0v) is 13.3. The second kappa shape index (κ2) is 7.11. The molecule has 112 valence electrons. The van der Waals surface area contributed by atoms with E-state index >= 15 is 0 Å². The van der Waals surface area contributed by atoms with Crippen LogP contribution in [0.1, 0.15) is 36.2 Å². The molecule has 0 bridgehead atoms. The van der Waals surface area contributed by atoms with Crippen LogP contribution in [0.2, 0.25) is 0 Å². The number of nitrogens with zero attached hydrogens (tertiary/aromatic N) is 3. The highest BCUT2D eigenvalue weighted by Crippen LogP contribution is 2.20. The Bertz CT molecular complexity index is 550. The monoisotopic (exact) mass is 302 g/mol. The van der Waals surface area contributed by atoms with Gasteiger partial charge in [-0.15, -0.1) is 11.3 Å². The summed E-state index contributed by atoms with van der Waals surface area (Å²) in [5.41, 5.74) is 2.29. The lowest BCUT2D eigenvalue weighted by molar-refractivity contribution is 0.265. The second-order valence-corrected chi connectivity index (χ2v) is 6.45. The third kappa shape index (κ3) is 4.59. The smallest absolute Gasteiger partial charge is 0.107 e. The molecule has 2 aromatic heterocycles. The Labute approximate surface area is 130 Å². The third-order valence-corrected chi connectivity index (χ3v) is 4.56. The van der Waals surface area contributed by atoms with E-state index in [1.54, 1.807) is 11.3 Å². The van der Waals surface area contributed by atoms with E-state index in [9.17, 15) is 0 Å². The number of pyridine rings is 1. The average Bonchev–Trinajstić information content (AvgIpc) is 3.25. The van der Waals surface area contributed by atoms with Crippen molar-refractivity contribution in [1.82, 2.24) is 20.2 Å². The highest BCUT2D eigenvalue weighted by molar-refractivity contribution is 7.09. The molecule has 1 aliphatic carbocycles. The van der Waals surface area contributed by atoms with Gasteiger partial charge in [0.15, 0.2) is 0 Å². The summed E-state index contributed by atoms with van der Waals surface area (Å²) < 4.78 is 0. The molecule has 2 heterocycles. The summed E-state index contributed by atoms with van der Waals surface area (Å²) in [5.74, 6) is 0. The van der Waals surface area contributed by atoms with Gasteiger partial charge in [-0.3, -0.25) is 9.88 Å². The van der Waals surface area contributed by atoms with Crippen molar-refractivity contribution in [1.29, 1.82) is 0 Å². The van der Waals surface area contributed by atoms with Crippen LogP contribution in [0.15, 0.2) is 29.8 Å². The SMILES string of the molecule is CCN(Cc1ccccn1)Cc1csc(CNC2CC2)n1. The molecule has 21 heavy (non-hydrogen) atoms. The van der Waals surface area contributed by atoms with Gasteiger partial charge in [0, 0.05) is 37.3 Å². The summed E-state index contributed by atoms with van der Waals surface area (Å²) >= 11 is 1.76. The van der Waals surface area contributed by atoms with Gasteiger partial charge in [-0.05, 0) is 31.5 Å². The summed E-state index contributed by atoms with van der Waals surface area (Å²) in [4.78, 5) is 11.5. The quantitative estimate of drug-likeness (QED) is 0.814. The molecule has 2 aromatic rings. The molecule has 0 spiro atoms. The van der Waals surface area contributed by atoms with Crippen molar-refractivity contribution in [2.24, 2.45) is 0 Å². The lowest BCUT2D eigenvalue weighted by Crippen LogP contribution is -2.23. The number of rotatable bonds is 8. The fourth-order valence-electron chi connectivity index (χ4n) is 2.25. The van der Waals surface area contributed by atoms with Crippen molar-refractivity contribution in [3.05, 3.63) is 46.2 Å². The van der Waals surface area contributed by atoms with Crippen molar-refractivity contribution >= 4 is 11.3 Å². The van der Waals surface area contributed by atoms with E-state index in [0.29, 0.717) is 0 Å². The molecule has 0 unspecified atom stereocenters. The number of hydrogen-bond donors (Lipinski definition) is 1. The summed E-state index contributed by atoms with van der Waals surface area (Å²) in [7, 11) is 0. The molecule has 5 heteroatoms. The second-order valence-electron chi connectivity index (χ2n) is 5.51. The van der Waals surface area contributed by atoms with Crippen molar-refractivity contribution in [2.45, 2.75) is 45.4 Å². The number of hydrogen-bond acceptors (Lipinski definition) is 5. The van der Waals surface area contributed by atoms with Gasteiger partial charge in [0.05, 0.1) is 11.4 Å². The van der Waals surface area contributed by atoms with Crippen LogP contribution in [-0.2, 0) is 19.6 Å². The largest absolute Gasteiger partial charge is 0.308 e. The molecule has 0 atom stereocenters. The Morgan fingerprint density at radius 3 is 2.86 bits per heavy atom. The Kier molecular flexibility index (Phi) is 4.95. The lowest BCUT2D eigenvalue weighted by Gasteiger charge is -2.18. The molecule has 3 rings (SSSR count). The van der Waals surface area contributed by atoms with Gasteiger partial charge in [0.2, 0.25) is 0 Å². The van der Waals surface area contributed by atoms with E-state index in [2.05, 4.69) is 33.6 Å². The zero-order valence-electron chi connectivity index (χ0n) is 12.5. The minimum Gasteiger partial charge on any atom is -0.308 e. The van der Waals surface area contributed by atoms with Crippen LogP contribution in [-0.4, -0.2) is 27.5 Å². The maximum Gasteiger partial charge on any atom is 0.107 e. The van der Waals surface area contributed by atoms with Gasteiger partial charge >= 0.3 is 0 Å². The minimum absolute atomic E-state index is 0.744. The summed E-state index contributed by atoms with van der Waals surface area (Å²) in [6.45, 7) is 5.88. The van der Waals surface area contributed by atoms with E-state index < -0.39 is 0 Å². The van der Waals surface area contributed by atoms with Gasteiger partial charge in [0.25, 0.3) is 0 Å². The van der Waals surface area contributed by atoms with Crippen LogP contribution in [0.25, 0.3) is 0 Å². The molecule has 0 aromatic carbocycles. The van der Waals surface area contributed by atoms with Crippen LogP contribution in [0, 0.1) is 0 Å². The van der Waals surface area contributed by atoms with Gasteiger partial charge in [-0.1, -0.05) is 13.0 Å². The van der Waals surface area contributed by atoms with Gasteiger partial charge in [0.1, 0.15) is 5.01 Å². The Morgan fingerprint density at radius 2 is 2.14 bits per heavy atom. The zero-order chi connectivity index (χ0) is 14.5. The maximum absolute atomic E-state index is 4.73. The van der Waals surface area contributed by atoms with Crippen LogP contribution in [0.5, 0.6) is 0 Å². The molecule has 0 aliphatic heterocycles. The van der Waals surface area contributed by atoms with Crippen molar-refractivity contribution in [3.63, 3.8) is 0 Å². The Balaban J connectivity index is 1.53. The predicted octanol–water partition coefficient (Wildman–Crippen LogP) is 2.81. The molecule has 4 nitrogen and oxygen atoms in total. The molecular weight excluding hydrogens is 280 g/mol. The average molecular weight is 302 g/mol. The van der Waals surface area contributed by atoms with Crippen molar-refractivity contribution in [2.75, 3.05) is 6.54 Å². The summed E-state index contributed by atoms with van der Waals surface area (Å²) in [5, 5.41) is 6.90. The predicted molar refractivity (Wildman–Crippen MR) is 86.0 cm³/mol. The van der Waals surface area contributed by atoms with Crippen molar-refractivity contribution in [3.8, 4) is 0 Å². The van der Waals surface area contributed by atoms with Gasteiger partial charge in [-0.2, -0.15) is 0 Å². The van der Waals surface area contributed by atoms with E-state index in [1.807, 2.05) is 18.3 Å². The van der Waals surface area contributed by atoms with Gasteiger partial charge < -0.3 is 5.32 Å². The molecule has 1 fully saturated rings. The van der Waals surface area contributed by atoms with Gasteiger partial charge in [-0.25, -0.2) is 4.98 Å². The van der Waals surface area contributed by atoms with Crippen LogP contribution in [0.3, 0.4) is 0 Å². The summed E-state index contributed by atoms with van der Waals surface area (Å²) in [6, 6.07) is 6.82. The fourth-order valence-corrected chi connectivity index (χ4v) is 2.99. The normalized spacial score (nSPS) is 14.8. The highest BCUT2D eigenvalue weighted by Gasteiger charge is 2.20. The Morgan fingerprint density at radius 1 is 1.29 bits per heavy atom. The molecule has 0 radical (unpaired) electrons. The Hall–Kier alpha value is -1.30. The minimum atomic E-state index is 0.744. The number of aromatic nitrogens is 2. The van der Waals surface area contributed by atoms with Crippen LogP contribution in [0.4, 0.5) is 0 Å². The standard InChI is InChI=1S/C16H22N4S/c1-2-20(10-14-5-3-4-8-17-14)11-15-12-21-16(19-15)9-18-13-6-7-13/h3-5,8,12-13,18H,2,6-7,9-11H2,1H3. The molecular formula is C16H22N4S. The molecule has 0 amide bonds. The van der Waals surface area contributed by atoms with E-state index in [1.165, 1.54) is 23.5 Å².